The van der Waals surface area contributed by atoms with Gasteiger partial charge in [0.1, 0.15) is 0 Å². The maximum Gasteiger partial charge on any atom is 0.0993 e. The Labute approximate surface area is 89.7 Å². The maximum absolute atomic E-state index is 9.98. The first kappa shape index (κ1) is 12.8. The fraction of sp³-hybridized carbons (Fsp3) is 1.00. The van der Waals surface area contributed by atoms with Crippen LogP contribution in [0.2, 0.25) is 0 Å². The Hall–Kier alpha value is -0.240. The first-order valence-electron chi connectivity index (χ1n) is 5.14. The lowest BCUT2D eigenvalue weighted by molar-refractivity contribution is -0.103. The van der Waals surface area contributed by atoms with E-state index < -0.39 is 24.4 Å². The van der Waals surface area contributed by atoms with Crippen LogP contribution < -0.4 is 16.0 Å². The van der Waals surface area contributed by atoms with Gasteiger partial charge in [0, 0.05) is 0 Å². The fourth-order valence-corrected chi connectivity index (χ4v) is 2.32. The molecule has 0 aliphatic heterocycles. The number of nitrogens with one attached hydrogen (secondary N) is 3. The second kappa shape index (κ2) is 5.20. The average Bonchev–Trinajstić information content (AvgIpc) is 2.23. The van der Waals surface area contributed by atoms with Crippen molar-refractivity contribution in [3.05, 3.63) is 0 Å². The summed E-state index contributed by atoms with van der Waals surface area (Å²) in [5, 5.41) is 38.3. The highest BCUT2D eigenvalue weighted by Crippen LogP contribution is 2.20. The standard InChI is InChI=1S/C9H21N3O3/c1-10-4-5(11-2)8(14)9(15)6(12-3)7(4)13/h4-15H,1-3H3/t4-,5+,6-,7+,8-,9+/m0/s1. The molecule has 0 bridgehead atoms. The minimum atomic E-state index is -0.980. The number of aliphatic hydroxyl groups is 3. The Morgan fingerprint density at radius 2 is 0.933 bits per heavy atom. The van der Waals surface area contributed by atoms with Crippen LogP contribution in [0, 0.1) is 0 Å². The van der Waals surface area contributed by atoms with Crippen molar-refractivity contribution in [2.24, 2.45) is 0 Å². The molecule has 90 valence electrons. The van der Waals surface area contributed by atoms with Crippen LogP contribution in [0.4, 0.5) is 0 Å². The van der Waals surface area contributed by atoms with E-state index in [4.69, 9.17) is 0 Å². The highest BCUT2D eigenvalue weighted by Gasteiger charge is 2.47. The Kier molecular flexibility index (Phi) is 4.45. The molecule has 0 aromatic heterocycles. The molecule has 0 aromatic rings. The first-order chi connectivity index (χ1) is 7.08. The van der Waals surface area contributed by atoms with E-state index in [1.54, 1.807) is 21.1 Å². The van der Waals surface area contributed by atoms with Crippen LogP contribution in [0.3, 0.4) is 0 Å². The quantitative estimate of drug-likeness (QED) is 0.300. The van der Waals surface area contributed by atoms with Gasteiger partial charge in [0.2, 0.25) is 0 Å². The van der Waals surface area contributed by atoms with Crippen molar-refractivity contribution in [1.82, 2.24) is 16.0 Å². The third-order valence-corrected chi connectivity index (χ3v) is 3.21. The van der Waals surface area contributed by atoms with E-state index in [0.29, 0.717) is 0 Å². The SMILES string of the molecule is CN[C@@H]1[C@@H](O)[C@@H](O)[C@H](NC)[C@H](NC)[C@H]1O. The first-order valence-corrected chi connectivity index (χ1v) is 5.14. The number of rotatable bonds is 3. The lowest BCUT2D eigenvalue weighted by Gasteiger charge is -2.46. The molecule has 1 rings (SSSR count). The molecule has 0 amide bonds. The maximum atomic E-state index is 9.98. The van der Waals surface area contributed by atoms with E-state index in [2.05, 4.69) is 16.0 Å². The van der Waals surface area contributed by atoms with Crippen LogP contribution in [0.15, 0.2) is 0 Å². The summed E-state index contributed by atoms with van der Waals surface area (Å²) < 4.78 is 0. The summed E-state index contributed by atoms with van der Waals surface area (Å²) in [7, 11) is 5.06. The van der Waals surface area contributed by atoms with Gasteiger partial charge < -0.3 is 31.3 Å². The van der Waals surface area contributed by atoms with Gasteiger partial charge in [-0.15, -0.1) is 0 Å². The van der Waals surface area contributed by atoms with E-state index in [1.807, 2.05) is 0 Å². The van der Waals surface area contributed by atoms with Crippen LogP contribution in [-0.2, 0) is 0 Å². The van der Waals surface area contributed by atoms with Gasteiger partial charge >= 0.3 is 0 Å². The number of aliphatic hydroxyl groups excluding tert-OH is 3. The van der Waals surface area contributed by atoms with Crippen LogP contribution in [-0.4, -0.2) is 72.9 Å². The molecule has 1 aliphatic carbocycles. The Bertz CT molecular complexity index is 205. The van der Waals surface area contributed by atoms with E-state index in [9.17, 15) is 15.3 Å². The van der Waals surface area contributed by atoms with Gasteiger partial charge in [-0.25, -0.2) is 0 Å². The van der Waals surface area contributed by atoms with Gasteiger partial charge in [0.05, 0.1) is 36.4 Å². The normalized spacial score (nSPS) is 46.8. The minimum absolute atomic E-state index is 0.300. The summed E-state index contributed by atoms with van der Waals surface area (Å²) in [6, 6.07) is -1.20. The van der Waals surface area contributed by atoms with Gasteiger partial charge in [-0.3, -0.25) is 0 Å². The van der Waals surface area contributed by atoms with Crippen LogP contribution in [0.1, 0.15) is 0 Å². The van der Waals surface area contributed by atoms with Crippen molar-refractivity contribution in [3.8, 4) is 0 Å². The molecular weight excluding hydrogens is 198 g/mol. The number of likely N-dealkylation sites (N-methyl/N-ethyl adjacent to an activating group) is 3. The van der Waals surface area contributed by atoms with Gasteiger partial charge in [-0.2, -0.15) is 0 Å². The molecule has 0 aromatic carbocycles. The van der Waals surface area contributed by atoms with Crippen molar-refractivity contribution in [2.45, 2.75) is 36.4 Å². The van der Waals surface area contributed by atoms with E-state index in [0.717, 1.165) is 0 Å². The molecule has 1 aliphatic rings. The second-order valence-electron chi connectivity index (χ2n) is 3.92. The molecule has 0 unspecified atom stereocenters. The molecule has 1 fully saturated rings. The van der Waals surface area contributed by atoms with E-state index in [-0.39, 0.29) is 12.1 Å². The molecule has 6 atom stereocenters. The van der Waals surface area contributed by atoms with Crippen molar-refractivity contribution >= 4 is 0 Å². The summed E-state index contributed by atoms with van der Waals surface area (Å²) in [6.07, 6.45) is -2.64. The number of hydrogen-bond donors (Lipinski definition) is 6. The molecule has 6 heteroatoms. The predicted octanol–water partition coefficient (Wildman–Crippen LogP) is -3.15. The zero-order valence-electron chi connectivity index (χ0n) is 9.31. The summed E-state index contributed by atoms with van der Waals surface area (Å²) >= 11 is 0. The molecule has 0 heterocycles. The van der Waals surface area contributed by atoms with Gasteiger partial charge in [0.15, 0.2) is 0 Å². The molecular formula is C9H21N3O3. The fourth-order valence-electron chi connectivity index (χ4n) is 2.32. The summed E-state index contributed by atoms with van der Waals surface area (Å²) in [5.41, 5.74) is 0. The Balaban J connectivity index is 2.87. The predicted molar refractivity (Wildman–Crippen MR) is 56.6 cm³/mol. The molecule has 0 saturated heterocycles. The third kappa shape index (κ3) is 2.15. The van der Waals surface area contributed by atoms with Crippen LogP contribution in [0.5, 0.6) is 0 Å². The molecule has 15 heavy (non-hydrogen) atoms. The van der Waals surface area contributed by atoms with Gasteiger partial charge in [0.25, 0.3) is 0 Å². The monoisotopic (exact) mass is 219 g/mol. The number of hydrogen-bond acceptors (Lipinski definition) is 6. The van der Waals surface area contributed by atoms with Crippen molar-refractivity contribution in [2.75, 3.05) is 21.1 Å². The smallest absolute Gasteiger partial charge is 0.0993 e. The Morgan fingerprint density at radius 1 is 0.600 bits per heavy atom. The van der Waals surface area contributed by atoms with Crippen LogP contribution in [0.25, 0.3) is 0 Å². The zero-order valence-corrected chi connectivity index (χ0v) is 9.31. The molecule has 1 saturated carbocycles. The van der Waals surface area contributed by atoms with Gasteiger partial charge in [-0.05, 0) is 21.1 Å². The third-order valence-electron chi connectivity index (χ3n) is 3.21. The second-order valence-corrected chi connectivity index (χ2v) is 3.92. The molecule has 0 spiro atoms. The van der Waals surface area contributed by atoms with E-state index in [1.165, 1.54) is 0 Å². The highest BCUT2D eigenvalue weighted by molar-refractivity contribution is 5.06. The lowest BCUT2D eigenvalue weighted by Crippen LogP contribution is -2.72. The summed E-state index contributed by atoms with van der Waals surface area (Å²) in [6.45, 7) is 0. The van der Waals surface area contributed by atoms with E-state index >= 15 is 0 Å². The topological polar surface area (TPSA) is 96.8 Å². The molecule has 6 N–H and O–H groups in total. The summed E-state index contributed by atoms with van der Waals surface area (Å²) in [4.78, 5) is 0. The molecule has 6 nitrogen and oxygen atoms in total. The Morgan fingerprint density at radius 3 is 1.33 bits per heavy atom. The lowest BCUT2D eigenvalue weighted by atomic mass is 9.80. The molecule has 0 radical (unpaired) electrons. The van der Waals surface area contributed by atoms with Crippen molar-refractivity contribution in [3.63, 3.8) is 0 Å². The average molecular weight is 219 g/mol. The zero-order chi connectivity index (χ0) is 11.6. The highest BCUT2D eigenvalue weighted by atomic mass is 16.3. The minimum Gasteiger partial charge on any atom is -0.390 e. The van der Waals surface area contributed by atoms with Crippen LogP contribution >= 0.6 is 0 Å². The van der Waals surface area contributed by atoms with Crippen molar-refractivity contribution in [1.29, 1.82) is 0 Å². The largest absolute Gasteiger partial charge is 0.390 e. The van der Waals surface area contributed by atoms with Gasteiger partial charge in [-0.1, -0.05) is 0 Å². The summed E-state index contributed by atoms with van der Waals surface area (Å²) in [5.74, 6) is 0. The van der Waals surface area contributed by atoms with Crippen molar-refractivity contribution < 1.29 is 15.3 Å².